The van der Waals surface area contributed by atoms with Gasteiger partial charge in [0.05, 0.1) is 7.11 Å². The van der Waals surface area contributed by atoms with Crippen molar-refractivity contribution in [1.82, 2.24) is 9.99 Å². The van der Waals surface area contributed by atoms with Crippen LogP contribution in [0.1, 0.15) is 18.2 Å². The number of carbonyl (C=O) groups excluding carboxylic acids is 1. The van der Waals surface area contributed by atoms with E-state index in [4.69, 9.17) is 4.74 Å². The number of nitrogens with one attached hydrogen (secondary N) is 1. The Morgan fingerprint density at radius 3 is 2.71 bits per heavy atom. The number of hydrazine groups is 1. The van der Waals surface area contributed by atoms with Gasteiger partial charge < -0.3 is 15.1 Å². The number of aryl methyl sites for hydroxylation is 2. The van der Waals surface area contributed by atoms with Gasteiger partial charge in [0.15, 0.2) is 0 Å². The number of aromatic nitrogens is 1. The molecule has 6 nitrogen and oxygen atoms in total. The molecule has 2 heterocycles. The second-order valence-electron chi connectivity index (χ2n) is 6.77. The standard InChI is InChI=1S/C21H28N4O2S/c1-5-16-13-18(20(27-3)22-15(16)2)23-25-12-11-24(14-19(25)21(26)28-4)17-9-7-6-8-10-17/h6-10,13,19,23H,5,11-12,14H2,1-4H3. The molecule has 1 aliphatic heterocycles. The summed E-state index contributed by atoms with van der Waals surface area (Å²) in [5.41, 5.74) is 7.50. The zero-order chi connectivity index (χ0) is 20.1. The third-order valence-corrected chi connectivity index (χ3v) is 5.77. The van der Waals surface area contributed by atoms with Crippen molar-refractivity contribution >= 4 is 28.3 Å². The second kappa shape index (κ2) is 9.30. The monoisotopic (exact) mass is 400 g/mol. The van der Waals surface area contributed by atoms with Crippen LogP contribution in [0.15, 0.2) is 36.4 Å². The smallest absolute Gasteiger partial charge is 0.238 e. The normalized spacial score (nSPS) is 17.4. The van der Waals surface area contributed by atoms with Crippen molar-refractivity contribution in [1.29, 1.82) is 0 Å². The minimum absolute atomic E-state index is 0.142. The van der Waals surface area contributed by atoms with Gasteiger partial charge in [-0.05, 0) is 43.4 Å². The fourth-order valence-electron chi connectivity index (χ4n) is 3.50. The summed E-state index contributed by atoms with van der Waals surface area (Å²) in [5, 5.41) is 2.16. The van der Waals surface area contributed by atoms with Crippen LogP contribution in [0.25, 0.3) is 0 Å². The highest BCUT2D eigenvalue weighted by Gasteiger charge is 2.33. The number of benzene rings is 1. The van der Waals surface area contributed by atoms with Gasteiger partial charge in [-0.15, -0.1) is 0 Å². The lowest BCUT2D eigenvalue weighted by Gasteiger charge is -2.41. The van der Waals surface area contributed by atoms with Crippen LogP contribution in [0.4, 0.5) is 11.4 Å². The zero-order valence-electron chi connectivity index (χ0n) is 16.9. The van der Waals surface area contributed by atoms with E-state index in [1.807, 2.05) is 36.4 Å². The Hall–Kier alpha value is -2.25. The number of para-hydroxylation sites is 1. The Bertz CT molecular complexity index is 816. The average molecular weight is 401 g/mol. The van der Waals surface area contributed by atoms with Gasteiger partial charge in [-0.2, -0.15) is 0 Å². The lowest BCUT2D eigenvalue weighted by Crippen LogP contribution is -2.58. The first kappa shape index (κ1) is 20.5. The Morgan fingerprint density at radius 2 is 2.07 bits per heavy atom. The number of rotatable bonds is 6. The first-order chi connectivity index (χ1) is 13.6. The maximum atomic E-state index is 12.7. The molecule has 1 unspecified atom stereocenters. The van der Waals surface area contributed by atoms with Crippen molar-refractivity contribution in [2.75, 3.05) is 43.3 Å². The van der Waals surface area contributed by atoms with E-state index in [0.29, 0.717) is 19.0 Å². The number of methoxy groups -OCH3 is 1. The van der Waals surface area contributed by atoms with E-state index in [0.717, 1.165) is 30.0 Å². The number of anilines is 2. The molecule has 0 bridgehead atoms. The molecule has 0 aliphatic carbocycles. The van der Waals surface area contributed by atoms with Crippen LogP contribution in [0, 0.1) is 6.92 Å². The number of thioether (sulfide) groups is 1. The molecule has 0 spiro atoms. The summed E-state index contributed by atoms with van der Waals surface area (Å²) < 4.78 is 5.48. The van der Waals surface area contributed by atoms with Gasteiger partial charge in [0.25, 0.3) is 0 Å². The molecule has 28 heavy (non-hydrogen) atoms. The summed E-state index contributed by atoms with van der Waals surface area (Å²) in [6.07, 6.45) is 2.73. The van der Waals surface area contributed by atoms with Gasteiger partial charge in [-0.3, -0.25) is 4.79 Å². The molecule has 3 rings (SSSR count). The number of carbonyl (C=O) groups is 1. The van der Waals surface area contributed by atoms with Crippen molar-refractivity contribution in [2.24, 2.45) is 0 Å². The van der Waals surface area contributed by atoms with Crippen LogP contribution in [0.3, 0.4) is 0 Å². The molecule has 1 aliphatic rings. The van der Waals surface area contributed by atoms with Crippen molar-refractivity contribution in [3.63, 3.8) is 0 Å². The summed E-state index contributed by atoms with van der Waals surface area (Å²) in [7, 11) is 1.62. The average Bonchev–Trinajstić information content (AvgIpc) is 2.74. The molecule has 0 amide bonds. The van der Waals surface area contributed by atoms with E-state index in [-0.39, 0.29) is 11.2 Å². The maximum Gasteiger partial charge on any atom is 0.238 e. The van der Waals surface area contributed by atoms with Crippen molar-refractivity contribution < 1.29 is 9.53 Å². The molecule has 7 heteroatoms. The van der Waals surface area contributed by atoms with E-state index in [2.05, 4.69) is 40.4 Å². The fourth-order valence-corrected chi connectivity index (χ4v) is 3.97. The predicted octanol–water partition coefficient (Wildman–Crippen LogP) is 3.37. The summed E-state index contributed by atoms with van der Waals surface area (Å²) >= 11 is 1.27. The number of ether oxygens (including phenoxy) is 1. The van der Waals surface area contributed by atoms with Crippen molar-refractivity contribution in [3.05, 3.63) is 47.7 Å². The largest absolute Gasteiger partial charge is 0.479 e. The number of hydrogen-bond acceptors (Lipinski definition) is 7. The SMILES string of the molecule is CCc1cc(NN2CCN(c3ccccc3)CC2C(=O)SC)c(OC)nc1C. The van der Waals surface area contributed by atoms with Crippen molar-refractivity contribution in [3.8, 4) is 5.88 Å². The molecule has 2 aromatic rings. The topological polar surface area (TPSA) is 57.7 Å². The number of hydrogen-bond donors (Lipinski definition) is 1. The summed E-state index contributed by atoms with van der Waals surface area (Å²) in [5.74, 6) is 0.551. The van der Waals surface area contributed by atoms with E-state index in [9.17, 15) is 4.79 Å². The van der Waals surface area contributed by atoms with Gasteiger partial charge in [-0.25, -0.2) is 9.99 Å². The molecule has 1 fully saturated rings. The molecule has 1 N–H and O–H groups in total. The van der Waals surface area contributed by atoms with E-state index in [1.54, 1.807) is 7.11 Å². The molecule has 150 valence electrons. The van der Waals surface area contributed by atoms with Crippen molar-refractivity contribution in [2.45, 2.75) is 26.3 Å². The van der Waals surface area contributed by atoms with Gasteiger partial charge in [-0.1, -0.05) is 36.9 Å². The Labute approximate surface area is 171 Å². The molecular weight excluding hydrogens is 372 g/mol. The van der Waals surface area contributed by atoms with Gasteiger partial charge in [0.2, 0.25) is 11.0 Å². The summed E-state index contributed by atoms with van der Waals surface area (Å²) in [6, 6.07) is 12.1. The van der Waals surface area contributed by atoms with Gasteiger partial charge >= 0.3 is 0 Å². The van der Waals surface area contributed by atoms with Crippen LogP contribution in [-0.2, 0) is 11.2 Å². The molecular formula is C21H28N4O2S. The lowest BCUT2D eigenvalue weighted by molar-refractivity contribution is -0.115. The first-order valence-electron chi connectivity index (χ1n) is 9.53. The molecule has 1 aromatic heterocycles. The molecule has 0 saturated carbocycles. The molecule has 1 atom stereocenters. The van der Waals surface area contributed by atoms with Crippen LogP contribution >= 0.6 is 11.8 Å². The van der Waals surface area contributed by atoms with Crippen LogP contribution in [0.2, 0.25) is 0 Å². The fraction of sp³-hybridized carbons (Fsp3) is 0.429. The van der Waals surface area contributed by atoms with Crippen LogP contribution < -0.4 is 15.1 Å². The minimum Gasteiger partial charge on any atom is -0.479 e. The third kappa shape index (κ3) is 4.42. The summed E-state index contributed by atoms with van der Waals surface area (Å²) in [4.78, 5) is 19.5. The number of piperazine rings is 1. The highest BCUT2D eigenvalue weighted by molar-refractivity contribution is 8.13. The van der Waals surface area contributed by atoms with E-state index >= 15 is 0 Å². The van der Waals surface area contributed by atoms with Gasteiger partial charge in [0.1, 0.15) is 11.7 Å². The minimum atomic E-state index is -0.264. The first-order valence-corrected chi connectivity index (χ1v) is 10.8. The third-order valence-electron chi connectivity index (χ3n) is 5.10. The Morgan fingerprint density at radius 1 is 1.32 bits per heavy atom. The molecule has 0 radical (unpaired) electrons. The lowest BCUT2D eigenvalue weighted by atomic mass is 10.1. The molecule has 1 aromatic carbocycles. The predicted molar refractivity (Wildman–Crippen MR) is 116 cm³/mol. The molecule has 1 saturated heterocycles. The Kier molecular flexibility index (Phi) is 6.80. The van der Waals surface area contributed by atoms with Crippen LogP contribution in [-0.4, -0.2) is 54.1 Å². The van der Waals surface area contributed by atoms with Gasteiger partial charge in [0, 0.05) is 31.0 Å². The highest BCUT2D eigenvalue weighted by atomic mass is 32.2. The quantitative estimate of drug-likeness (QED) is 0.798. The second-order valence-corrected chi connectivity index (χ2v) is 7.58. The van der Waals surface area contributed by atoms with E-state index < -0.39 is 0 Å². The zero-order valence-corrected chi connectivity index (χ0v) is 17.8. The van der Waals surface area contributed by atoms with E-state index in [1.165, 1.54) is 17.3 Å². The maximum absolute atomic E-state index is 12.7. The summed E-state index contributed by atoms with van der Waals surface area (Å²) in [6.45, 7) is 6.28. The Balaban J connectivity index is 1.84. The van der Waals surface area contributed by atoms with Crippen LogP contribution in [0.5, 0.6) is 5.88 Å². The highest BCUT2D eigenvalue weighted by Crippen LogP contribution is 2.28. The number of pyridine rings is 1. The number of nitrogens with zero attached hydrogens (tertiary/aromatic N) is 3.